The van der Waals surface area contributed by atoms with Gasteiger partial charge in [-0.3, -0.25) is 4.98 Å². The Labute approximate surface area is 172 Å². The van der Waals surface area contributed by atoms with Crippen LogP contribution in [0.5, 0.6) is 5.75 Å². The molecule has 3 aromatic heterocycles. The summed E-state index contributed by atoms with van der Waals surface area (Å²) in [6.07, 6.45) is 6.48. The van der Waals surface area contributed by atoms with Gasteiger partial charge in [0.15, 0.2) is 0 Å². The van der Waals surface area contributed by atoms with Crippen molar-refractivity contribution in [3.63, 3.8) is 0 Å². The smallest absolute Gasteiger partial charge is 0.348 e. The van der Waals surface area contributed by atoms with Crippen molar-refractivity contribution in [3.8, 4) is 33.9 Å². The molecule has 0 unspecified atom stereocenters. The molecule has 0 fully saturated rings. The first kappa shape index (κ1) is 19.0. The summed E-state index contributed by atoms with van der Waals surface area (Å²) < 4.78 is 7.26. The lowest BCUT2D eigenvalue weighted by Gasteiger charge is -2.15. The number of nitrogens with zero attached hydrogens (tertiary/aromatic N) is 3. The molecule has 1 N–H and O–H groups in total. The molecule has 3 heterocycles. The first-order chi connectivity index (χ1) is 13.9. The highest BCUT2D eigenvalue weighted by Gasteiger charge is 2.22. The molecule has 0 aliphatic carbocycles. The summed E-state index contributed by atoms with van der Waals surface area (Å²) in [7, 11) is 0. The number of hydrogen-bond acceptors (Lipinski definition) is 5. The molecular weight excluding hydrogens is 390 g/mol. The monoisotopic (exact) mass is 407 g/mol. The zero-order valence-electron chi connectivity index (χ0n) is 16.1. The molecule has 0 aliphatic rings. The van der Waals surface area contributed by atoms with Crippen LogP contribution in [0.1, 0.15) is 16.7 Å². The van der Waals surface area contributed by atoms with Crippen LogP contribution in [0.2, 0.25) is 5.02 Å². The lowest BCUT2D eigenvalue weighted by atomic mass is 9.94. The second-order valence-corrected chi connectivity index (χ2v) is 7.30. The minimum Gasteiger partial charge on any atom is -0.507 e. The molecule has 0 saturated heterocycles. The molecule has 4 aromatic rings. The Morgan fingerprint density at radius 3 is 2.41 bits per heavy atom. The molecule has 146 valence electrons. The molecule has 0 atom stereocenters. The van der Waals surface area contributed by atoms with Gasteiger partial charge in [0.05, 0.1) is 16.9 Å². The van der Waals surface area contributed by atoms with E-state index in [4.69, 9.17) is 16.0 Å². The number of pyridine rings is 1. The maximum atomic E-state index is 12.9. The molecule has 4 rings (SSSR count). The Balaban J connectivity index is 1.90. The number of hydrogen-bond donors (Lipinski definition) is 1. The predicted octanol–water partition coefficient (Wildman–Crippen LogP) is 4.84. The maximum absolute atomic E-state index is 12.9. The summed E-state index contributed by atoms with van der Waals surface area (Å²) in [5.41, 5.74) is 3.72. The lowest BCUT2D eigenvalue weighted by Crippen LogP contribution is -2.09. The van der Waals surface area contributed by atoms with E-state index in [0.29, 0.717) is 27.5 Å². The Morgan fingerprint density at radius 1 is 1.10 bits per heavy atom. The van der Waals surface area contributed by atoms with E-state index in [-0.39, 0.29) is 11.3 Å². The van der Waals surface area contributed by atoms with Crippen LogP contribution in [0, 0.1) is 20.8 Å². The van der Waals surface area contributed by atoms with Crippen LogP contribution in [0.15, 0.2) is 58.3 Å². The highest BCUT2D eigenvalue weighted by atomic mass is 35.5. The Hall–Kier alpha value is -3.38. The molecule has 29 heavy (non-hydrogen) atoms. The van der Waals surface area contributed by atoms with E-state index >= 15 is 0 Å². The van der Waals surface area contributed by atoms with E-state index in [1.807, 2.05) is 26.0 Å². The molecule has 6 nitrogen and oxygen atoms in total. The van der Waals surface area contributed by atoms with Crippen LogP contribution in [0.4, 0.5) is 0 Å². The standard InChI is InChI=1S/C22H18ClN3O3/c1-12-7-17(26-11-16(23)10-25-26)8-13(2)18(12)19-20(27)14(3)21(29-22(19)28)15-5-4-6-24-9-15/h4-11,27H,1-3H3. The third-order valence-corrected chi connectivity index (χ3v) is 5.03. The Bertz CT molecular complexity index is 1250. The Kier molecular flexibility index (Phi) is 4.72. The van der Waals surface area contributed by atoms with Crippen LogP contribution in [0.25, 0.3) is 28.1 Å². The van der Waals surface area contributed by atoms with Crippen LogP contribution in [0.3, 0.4) is 0 Å². The van der Waals surface area contributed by atoms with Crippen molar-refractivity contribution in [2.75, 3.05) is 0 Å². The summed E-state index contributed by atoms with van der Waals surface area (Å²) in [5.74, 6) is 0.212. The Morgan fingerprint density at radius 2 is 1.83 bits per heavy atom. The summed E-state index contributed by atoms with van der Waals surface area (Å²) in [6, 6.07) is 7.29. The highest BCUT2D eigenvalue weighted by Crippen LogP contribution is 2.38. The van der Waals surface area contributed by atoms with Gasteiger partial charge in [0, 0.05) is 29.7 Å². The van der Waals surface area contributed by atoms with Crippen molar-refractivity contribution in [3.05, 3.63) is 81.2 Å². The van der Waals surface area contributed by atoms with Gasteiger partial charge in [0.25, 0.3) is 0 Å². The van der Waals surface area contributed by atoms with Crippen LogP contribution >= 0.6 is 11.6 Å². The van der Waals surface area contributed by atoms with Gasteiger partial charge in [0.1, 0.15) is 17.1 Å². The molecule has 0 radical (unpaired) electrons. The fraction of sp³-hybridized carbons (Fsp3) is 0.136. The fourth-order valence-electron chi connectivity index (χ4n) is 3.51. The minimum atomic E-state index is -0.604. The number of aryl methyl sites for hydroxylation is 2. The molecule has 0 spiro atoms. The van der Waals surface area contributed by atoms with E-state index in [0.717, 1.165) is 16.8 Å². The zero-order chi connectivity index (χ0) is 20.7. The third-order valence-electron chi connectivity index (χ3n) is 4.84. The highest BCUT2D eigenvalue weighted by molar-refractivity contribution is 6.30. The quantitative estimate of drug-likeness (QED) is 0.525. The SMILES string of the molecule is Cc1cc(-n2cc(Cl)cn2)cc(C)c1-c1c(O)c(C)c(-c2cccnc2)oc1=O. The number of aromatic nitrogens is 3. The number of aromatic hydroxyl groups is 1. The van der Waals surface area contributed by atoms with Crippen molar-refractivity contribution >= 4 is 11.6 Å². The topological polar surface area (TPSA) is 81.2 Å². The van der Waals surface area contributed by atoms with Gasteiger partial charge in [-0.05, 0) is 61.7 Å². The minimum absolute atomic E-state index is 0.0961. The van der Waals surface area contributed by atoms with Crippen LogP contribution in [-0.4, -0.2) is 19.9 Å². The van der Waals surface area contributed by atoms with Crippen LogP contribution in [-0.2, 0) is 0 Å². The van der Waals surface area contributed by atoms with Crippen molar-refractivity contribution in [2.24, 2.45) is 0 Å². The normalized spacial score (nSPS) is 11.0. The van der Waals surface area contributed by atoms with Gasteiger partial charge in [-0.15, -0.1) is 0 Å². The molecule has 1 aromatic carbocycles. The first-order valence-corrected chi connectivity index (χ1v) is 9.34. The molecule has 0 saturated carbocycles. The van der Waals surface area contributed by atoms with Gasteiger partial charge in [0.2, 0.25) is 0 Å². The van der Waals surface area contributed by atoms with E-state index in [1.54, 1.807) is 48.5 Å². The van der Waals surface area contributed by atoms with E-state index < -0.39 is 5.63 Å². The van der Waals surface area contributed by atoms with Crippen molar-refractivity contribution < 1.29 is 9.52 Å². The zero-order valence-corrected chi connectivity index (χ0v) is 16.9. The number of halogens is 1. The maximum Gasteiger partial charge on any atom is 0.348 e. The van der Waals surface area contributed by atoms with Gasteiger partial charge < -0.3 is 9.52 Å². The molecular formula is C22H18ClN3O3. The van der Waals surface area contributed by atoms with Gasteiger partial charge in [-0.25, -0.2) is 9.48 Å². The average molecular weight is 408 g/mol. The van der Waals surface area contributed by atoms with E-state index in [1.165, 1.54) is 0 Å². The van der Waals surface area contributed by atoms with Crippen molar-refractivity contribution in [1.82, 2.24) is 14.8 Å². The fourth-order valence-corrected chi connectivity index (χ4v) is 3.65. The third kappa shape index (κ3) is 3.32. The first-order valence-electron chi connectivity index (χ1n) is 8.96. The average Bonchev–Trinajstić information content (AvgIpc) is 3.13. The molecule has 0 amide bonds. The van der Waals surface area contributed by atoms with Crippen molar-refractivity contribution in [2.45, 2.75) is 20.8 Å². The van der Waals surface area contributed by atoms with Gasteiger partial charge in [-0.1, -0.05) is 11.6 Å². The molecule has 7 heteroatoms. The second kappa shape index (κ2) is 7.22. The van der Waals surface area contributed by atoms with Crippen LogP contribution < -0.4 is 5.63 Å². The predicted molar refractivity (Wildman–Crippen MR) is 112 cm³/mol. The van der Waals surface area contributed by atoms with E-state index in [2.05, 4.69) is 10.1 Å². The number of rotatable bonds is 3. The van der Waals surface area contributed by atoms with Gasteiger partial charge >= 0.3 is 5.63 Å². The molecule has 0 bridgehead atoms. The number of benzene rings is 1. The molecule has 0 aliphatic heterocycles. The summed E-state index contributed by atoms with van der Waals surface area (Å²) in [6.45, 7) is 5.47. The van der Waals surface area contributed by atoms with Gasteiger partial charge in [-0.2, -0.15) is 5.10 Å². The van der Waals surface area contributed by atoms with Crippen molar-refractivity contribution in [1.29, 1.82) is 0 Å². The summed E-state index contributed by atoms with van der Waals surface area (Å²) in [5, 5.41) is 15.6. The largest absolute Gasteiger partial charge is 0.507 e. The summed E-state index contributed by atoms with van der Waals surface area (Å²) >= 11 is 5.97. The second-order valence-electron chi connectivity index (χ2n) is 6.87. The van der Waals surface area contributed by atoms with E-state index in [9.17, 15) is 9.90 Å². The summed E-state index contributed by atoms with van der Waals surface area (Å²) in [4.78, 5) is 16.9. The lowest BCUT2D eigenvalue weighted by molar-refractivity contribution is 0.450.